The molecule has 124 valence electrons. The summed E-state index contributed by atoms with van der Waals surface area (Å²) in [6.45, 7) is 0. The average molecular weight is 443 g/mol. The molecule has 5 heteroatoms. The van der Waals surface area contributed by atoms with E-state index in [1.165, 1.54) is 18.4 Å². The molecule has 0 bridgehead atoms. The minimum absolute atomic E-state index is 0.155. The predicted molar refractivity (Wildman–Crippen MR) is 104 cm³/mol. The number of hydrogen-bond acceptors (Lipinski definition) is 2. The van der Waals surface area contributed by atoms with Crippen molar-refractivity contribution in [2.24, 2.45) is 0 Å². The molecule has 0 aliphatic carbocycles. The molecule has 2 rings (SSSR count). The molecule has 2 aromatic carbocycles. The molecule has 0 aliphatic heterocycles. The molecule has 0 aliphatic rings. The van der Waals surface area contributed by atoms with Crippen molar-refractivity contribution in [1.82, 2.24) is 0 Å². The molecule has 0 atom stereocenters. The Kier molecular flexibility index (Phi) is 10.6. The monoisotopic (exact) mass is 441 g/mol. The molecule has 0 heterocycles. The molecule has 0 spiro atoms. The van der Waals surface area contributed by atoms with Gasteiger partial charge in [-0.3, -0.25) is 10.1 Å². The van der Waals surface area contributed by atoms with E-state index in [9.17, 15) is 10.1 Å². The Morgan fingerprint density at radius 2 is 1.26 bits per heavy atom. The second-order valence-electron chi connectivity index (χ2n) is 4.99. The summed E-state index contributed by atoms with van der Waals surface area (Å²) in [4.78, 5) is 9.94. The molecule has 0 amide bonds. The number of alkyl halides is 2. The number of rotatable bonds is 7. The van der Waals surface area contributed by atoms with Crippen molar-refractivity contribution in [3.8, 4) is 0 Å². The van der Waals surface area contributed by atoms with Crippen LogP contribution in [0.5, 0.6) is 0 Å². The van der Waals surface area contributed by atoms with Crippen molar-refractivity contribution in [3.63, 3.8) is 0 Å². The van der Waals surface area contributed by atoms with Crippen LogP contribution >= 0.6 is 31.9 Å². The number of halogens is 2. The standard InChI is InChI=1S/C9H10BrNO2.C9H11Br/c10-7-1-2-8-3-5-9(6-4-8)11(12)13;10-8-4-7-9-5-2-1-3-6-9/h3-6H,1-2,7H2;1-3,5-6H,4,7-8H2. The quantitative estimate of drug-likeness (QED) is 0.302. The Hall–Kier alpha value is -1.20. The summed E-state index contributed by atoms with van der Waals surface area (Å²) in [6.07, 6.45) is 4.43. The maximum atomic E-state index is 10.3. The molecular formula is C18H21Br2NO2. The fourth-order valence-electron chi connectivity index (χ4n) is 1.97. The number of nitrogens with zero attached hydrogens (tertiary/aromatic N) is 1. The van der Waals surface area contributed by atoms with Gasteiger partial charge in [0.25, 0.3) is 5.69 Å². The Morgan fingerprint density at radius 1 is 0.783 bits per heavy atom. The normalized spacial score (nSPS) is 9.83. The molecule has 3 nitrogen and oxygen atoms in total. The van der Waals surface area contributed by atoms with Crippen LogP contribution in [0, 0.1) is 10.1 Å². The van der Waals surface area contributed by atoms with E-state index in [4.69, 9.17) is 0 Å². The van der Waals surface area contributed by atoms with Gasteiger partial charge in [0, 0.05) is 22.8 Å². The summed E-state index contributed by atoms with van der Waals surface area (Å²) in [5.41, 5.74) is 2.73. The molecule has 2 aromatic rings. The molecule has 0 unspecified atom stereocenters. The van der Waals surface area contributed by atoms with Gasteiger partial charge in [0.2, 0.25) is 0 Å². The van der Waals surface area contributed by atoms with Gasteiger partial charge in [0.15, 0.2) is 0 Å². The second-order valence-corrected chi connectivity index (χ2v) is 6.58. The Morgan fingerprint density at radius 3 is 1.70 bits per heavy atom. The molecule has 0 N–H and O–H groups in total. The van der Waals surface area contributed by atoms with E-state index < -0.39 is 0 Å². The fraction of sp³-hybridized carbons (Fsp3) is 0.333. The van der Waals surface area contributed by atoms with E-state index in [1.807, 2.05) is 0 Å². The maximum absolute atomic E-state index is 10.3. The smallest absolute Gasteiger partial charge is 0.258 e. The summed E-state index contributed by atoms with van der Waals surface area (Å²) >= 11 is 6.74. The van der Waals surface area contributed by atoms with Gasteiger partial charge in [-0.05, 0) is 36.8 Å². The lowest BCUT2D eigenvalue weighted by Crippen LogP contribution is -1.89. The van der Waals surface area contributed by atoms with Crippen LogP contribution in [-0.2, 0) is 12.8 Å². The molecule has 0 radical (unpaired) electrons. The highest BCUT2D eigenvalue weighted by Gasteiger charge is 2.02. The minimum Gasteiger partial charge on any atom is -0.258 e. The second kappa shape index (κ2) is 12.3. The third-order valence-electron chi connectivity index (χ3n) is 3.19. The van der Waals surface area contributed by atoms with Gasteiger partial charge in [0.05, 0.1) is 4.92 Å². The van der Waals surface area contributed by atoms with Crippen LogP contribution in [0.1, 0.15) is 24.0 Å². The van der Waals surface area contributed by atoms with E-state index in [-0.39, 0.29) is 10.6 Å². The molecule has 0 fully saturated rings. The van der Waals surface area contributed by atoms with E-state index in [0.717, 1.165) is 29.1 Å². The Balaban J connectivity index is 0.000000238. The van der Waals surface area contributed by atoms with Crippen molar-refractivity contribution in [3.05, 3.63) is 75.8 Å². The van der Waals surface area contributed by atoms with Gasteiger partial charge in [-0.2, -0.15) is 0 Å². The summed E-state index contributed by atoms with van der Waals surface area (Å²) in [5, 5.41) is 12.4. The van der Waals surface area contributed by atoms with Crippen molar-refractivity contribution in [1.29, 1.82) is 0 Å². The third-order valence-corrected chi connectivity index (χ3v) is 4.31. The lowest BCUT2D eigenvalue weighted by molar-refractivity contribution is -0.384. The first-order chi connectivity index (χ1) is 11.2. The topological polar surface area (TPSA) is 43.1 Å². The number of nitro benzene ring substituents is 1. The lowest BCUT2D eigenvalue weighted by atomic mass is 10.1. The van der Waals surface area contributed by atoms with Crippen LogP contribution in [0.15, 0.2) is 54.6 Å². The number of aryl methyl sites for hydroxylation is 2. The van der Waals surface area contributed by atoms with Gasteiger partial charge < -0.3 is 0 Å². The first-order valence-electron chi connectivity index (χ1n) is 7.56. The van der Waals surface area contributed by atoms with Crippen LogP contribution in [0.2, 0.25) is 0 Å². The predicted octanol–water partition coefficient (Wildman–Crippen LogP) is 5.94. The Bertz CT molecular complexity index is 559. The highest BCUT2D eigenvalue weighted by Crippen LogP contribution is 2.13. The number of nitro groups is 1. The average Bonchev–Trinajstić information content (AvgIpc) is 2.60. The van der Waals surface area contributed by atoms with Crippen LogP contribution in [0.25, 0.3) is 0 Å². The van der Waals surface area contributed by atoms with Gasteiger partial charge in [0.1, 0.15) is 0 Å². The highest BCUT2D eigenvalue weighted by molar-refractivity contribution is 9.09. The van der Waals surface area contributed by atoms with Crippen LogP contribution in [-0.4, -0.2) is 15.6 Å². The SMILES string of the molecule is BrCCCc1ccccc1.O=[N+]([O-])c1ccc(CCCBr)cc1. The molecule has 0 saturated heterocycles. The summed E-state index contributed by atoms with van der Waals surface area (Å²) in [7, 11) is 0. The van der Waals surface area contributed by atoms with Crippen molar-refractivity contribution in [2.45, 2.75) is 25.7 Å². The van der Waals surface area contributed by atoms with Crippen molar-refractivity contribution >= 4 is 37.5 Å². The van der Waals surface area contributed by atoms with Gasteiger partial charge in [-0.25, -0.2) is 0 Å². The van der Waals surface area contributed by atoms with Gasteiger partial charge in [-0.15, -0.1) is 0 Å². The van der Waals surface area contributed by atoms with Gasteiger partial charge in [-0.1, -0.05) is 74.3 Å². The van der Waals surface area contributed by atoms with Crippen LogP contribution in [0.3, 0.4) is 0 Å². The maximum Gasteiger partial charge on any atom is 0.269 e. The molecular weight excluding hydrogens is 422 g/mol. The molecule has 0 saturated carbocycles. The third kappa shape index (κ3) is 8.86. The van der Waals surface area contributed by atoms with Crippen molar-refractivity contribution in [2.75, 3.05) is 10.7 Å². The summed E-state index contributed by atoms with van der Waals surface area (Å²) in [6, 6.07) is 17.3. The summed E-state index contributed by atoms with van der Waals surface area (Å²) in [5.74, 6) is 0. The minimum atomic E-state index is -0.381. The van der Waals surface area contributed by atoms with Crippen LogP contribution < -0.4 is 0 Å². The molecule has 0 aromatic heterocycles. The molecule has 23 heavy (non-hydrogen) atoms. The van der Waals surface area contributed by atoms with Crippen LogP contribution in [0.4, 0.5) is 5.69 Å². The zero-order valence-corrected chi connectivity index (χ0v) is 16.1. The Labute approximate surface area is 154 Å². The number of benzene rings is 2. The zero-order valence-electron chi connectivity index (χ0n) is 13.0. The first-order valence-corrected chi connectivity index (χ1v) is 9.81. The fourth-order valence-corrected chi connectivity index (χ4v) is 2.53. The van der Waals surface area contributed by atoms with Gasteiger partial charge >= 0.3 is 0 Å². The number of non-ortho nitro benzene ring substituents is 1. The van der Waals surface area contributed by atoms with E-state index in [1.54, 1.807) is 24.3 Å². The zero-order chi connectivity index (χ0) is 16.9. The van der Waals surface area contributed by atoms with E-state index in [2.05, 4.69) is 62.2 Å². The lowest BCUT2D eigenvalue weighted by Gasteiger charge is -1.97. The largest absolute Gasteiger partial charge is 0.269 e. The first kappa shape index (κ1) is 19.8. The highest BCUT2D eigenvalue weighted by atomic mass is 79.9. The van der Waals surface area contributed by atoms with Crippen molar-refractivity contribution < 1.29 is 4.92 Å². The van der Waals surface area contributed by atoms with E-state index >= 15 is 0 Å². The van der Waals surface area contributed by atoms with E-state index in [0.29, 0.717) is 0 Å². The number of hydrogen-bond donors (Lipinski definition) is 0. The summed E-state index contributed by atoms with van der Waals surface area (Å²) < 4.78 is 0.